The van der Waals surface area contributed by atoms with Gasteiger partial charge in [0.25, 0.3) is 0 Å². The maximum atomic E-state index is 6.05. The van der Waals surface area contributed by atoms with E-state index in [9.17, 15) is 0 Å². The Bertz CT molecular complexity index is 894. The van der Waals surface area contributed by atoms with Gasteiger partial charge in [-0.15, -0.1) is 0 Å². The quantitative estimate of drug-likeness (QED) is 0.489. The molecule has 0 fully saturated rings. The molecule has 0 radical (unpaired) electrons. The Hall–Kier alpha value is -2.69. The van der Waals surface area contributed by atoms with E-state index in [2.05, 4.69) is 19.9 Å². The number of fused-ring (bicyclic) bond motifs is 5. The van der Waals surface area contributed by atoms with Crippen LogP contribution in [-0.4, -0.2) is 19.9 Å². The van der Waals surface area contributed by atoms with Crippen LogP contribution in [0.1, 0.15) is 0 Å². The van der Waals surface area contributed by atoms with Crippen LogP contribution in [0.5, 0.6) is 0 Å². The van der Waals surface area contributed by atoms with Gasteiger partial charge in [-0.2, -0.15) is 0 Å². The molecule has 0 aliphatic rings. The maximum absolute atomic E-state index is 6.05. The highest BCUT2D eigenvalue weighted by Crippen LogP contribution is 2.32. The molecule has 0 unspecified atom stereocenters. The minimum atomic E-state index is 0.664. The number of nitrogens with one attached hydrogen (secondary N) is 1. The van der Waals surface area contributed by atoms with E-state index in [1.165, 1.54) is 0 Å². The van der Waals surface area contributed by atoms with E-state index >= 15 is 0 Å². The molecule has 4 aromatic heterocycles. The summed E-state index contributed by atoms with van der Waals surface area (Å²) < 4.78 is 0. The van der Waals surface area contributed by atoms with Crippen LogP contribution in [0.3, 0.4) is 0 Å². The van der Waals surface area contributed by atoms with Gasteiger partial charge in [0.05, 0.1) is 23.6 Å². The van der Waals surface area contributed by atoms with Crippen molar-refractivity contribution in [2.24, 2.45) is 0 Å². The van der Waals surface area contributed by atoms with E-state index in [0.29, 0.717) is 5.69 Å². The van der Waals surface area contributed by atoms with Crippen molar-refractivity contribution in [1.29, 1.82) is 0 Å². The number of H-pyrrole nitrogens is 1. The lowest BCUT2D eigenvalue weighted by Gasteiger charge is -2.02. The van der Waals surface area contributed by atoms with Crippen molar-refractivity contribution in [2.45, 2.75) is 0 Å². The van der Waals surface area contributed by atoms with E-state index in [-0.39, 0.29) is 0 Å². The number of hydrogen-bond donors (Lipinski definition) is 2. The second-order valence-corrected chi connectivity index (χ2v) is 4.22. The van der Waals surface area contributed by atoms with E-state index in [4.69, 9.17) is 5.73 Å². The molecule has 86 valence electrons. The minimum absolute atomic E-state index is 0.664. The lowest BCUT2D eigenvalue weighted by atomic mass is 10.1. The molecule has 0 aliphatic carbocycles. The monoisotopic (exact) mass is 235 g/mol. The number of pyridine rings is 3. The van der Waals surface area contributed by atoms with Crippen molar-refractivity contribution < 1.29 is 0 Å². The molecule has 0 aliphatic heterocycles. The number of anilines is 1. The number of nitrogens with two attached hydrogens (primary N) is 1. The van der Waals surface area contributed by atoms with Crippen LogP contribution in [-0.2, 0) is 0 Å². The van der Waals surface area contributed by atoms with Crippen molar-refractivity contribution >= 4 is 38.4 Å². The predicted octanol–water partition coefficient (Wildman–Crippen LogP) is 2.24. The molecule has 4 heterocycles. The third-order valence-corrected chi connectivity index (χ3v) is 3.17. The zero-order valence-electron chi connectivity index (χ0n) is 9.38. The number of hydrogen-bond acceptors (Lipinski definition) is 4. The summed E-state index contributed by atoms with van der Waals surface area (Å²) in [7, 11) is 0. The fourth-order valence-corrected chi connectivity index (χ4v) is 2.39. The summed E-state index contributed by atoms with van der Waals surface area (Å²) in [5, 5.41) is 4.05. The normalized spacial score (nSPS) is 11.6. The predicted molar refractivity (Wildman–Crippen MR) is 71.1 cm³/mol. The number of rotatable bonds is 0. The molecule has 0 spiro atoms. The van der Waals surface area contributed by atoms with E-state index in [1.54, 1.807) is 31.0 Å². The highest BCUT2D eigenvalue weighted by Gasteiger charge is 2.11. The van der Waals surface area contributed by atoms with E-state index in [1.807, 2.05) is 6.07 Å². The fraction of sp³-hybridized carbons (Fsp3) is 0. The Morgan fingerprint density at radius 1 is 1.00 bits per heavy atom. The first-order valence-electron chi connectivity index (χ1n) is 5.58. The van der Waals surface area contributed by atoms with E-state index < -0.39 is 0 Å². The first-order valence-corrected chi connectivity index (χ1v) is 5.58. The molecule has 3 N–H and O–H groups in total. The molecule has 5 nitrogen and oxygen atoms in total. The molecular weight excluding hydrogens is 226 g/mol. The summed E-state index contributed by atoms with van der Waals surface area (Å²) in [6.07, 6.45) is 8.79. The standard InChI is InChI=1S/C13H9N5/c14-9-5-16-3-7-4-17-13-12(11(7)9)8-1-2-15-6-10(8)18-13/h1-6H,14H2,(H,17,18). The highest BCUT2D eigenvalue weighted by atomic mass is 14.9. The van der Waals surface area contributed by atoms with Gasteiger partial charge in [0.2, 0.25) is 0 Å². The summed E-state index contributed by atoms with van der Waals surface area (Å²) in [5.74, 6) is 0. The average molecular weight is 235 g/mol. The van der Waals surface area contributed by atoms with Gasteiger partial charge in [0.15, 0.2) is 0 Å². The number of aromatic nitrogens is 4. The van der Waals surface area contributed by atoms with Gasteiger partial charge < -0.3 is 10.7 Å². The molecule has 5 heteroatoms. The first kappa shape index (κ1) is 9.35. The third-order valence-electron chi connectivity index (χ3n) is 3.17. The topological polar surface area (TPSA) is 80.5 Å². The van der Waals surface area contributed by atoms with Crippen LogP contribution >= 0.6 is 0 Å². The summed E-state index contributed by atoms with van der Waals surface area (Å²) in [4.78, 5) is 15.9. The van der Waals surface area contributed by atoms with Crippen molar-refractivity contribution in [3.05, 3.63) is 37.1 Å². The molecule has 0 saturated carbocycles. The van der Waals surface area contributed by atoms with Crippen LogP contribution in [0.15, 0.2) is 37.1 Å². The molecule has 0 amide bonds. The Morgan fingerprint density at radius 3 is 2.89 bits per heavy atom. The van der Waals surface area contributed by atoms with Crippen LogP contribution in [0.25, 0.3) is 32.7 Å². The van der Waals surface area contributed by atoms with Crippen LogP contribution in [0, 0.1) is 0 Å². The molecule has 4 rings (SSSR count). The molecule has 18 heavy (non-hydrogen) atoms. The maximum Gasteiger partial charge on any atom is 0.139 e. The zero-order chi connectivity index (χ0) is 12.1. The van der Waals surface area contributed by atoms with Gasteiger partial charge in [-0.1, -0.05) is 0 Å². The van der Waals surface area contributed by atoms with Crippen molar-refractivity contribution in [1.82, 2.24) is 19.9 Å². The third kappa shape index (κ3) is 1.08. The van der Waals surface area contributed by atoms with Crippen molar-refractivity contribution in [3.63, 3.8) is 0 Å². The van der Waals surface area contributed by atoms with Crippen LogP contribution in [0.4, 0.5) is 5.69 Å². The van der Waals surface area contributed by atoms with Crippen LogP contribution in [0.2, 0.25) is 0 Å². The smallest absolute Gasteiger partial charge is 0.139 e. The second kappa shape index (κ2) is 3.16. The zero-order valence-corrected chi connectivity index (χ0v) is 9.38. The lowest BCUT2D eigenvalue weighted by molar-refractivity contribution is 1.32. The van der Waals surface area contributed by atoms with Gasteiger partial charge >= 0.3 is 0 Å². The Morgan fingerprint density at radius 2 is 1.94 bits per heavy atom. The Balaban J connectivity index is 2.40. The SMILES string of the molecule is Nc1cncc2cnc3[nH]c4cnccc4c3c12. The van der Waals surface area contributed by atoms with Crippen molar-refractivity contribution in [3.8, 4) is 0 Å². The summed E-state index contributed by atoms with van der Waals surface area (Å²) in [5.41, 5.74) is 8.50. The van der Waals surface area contributed by atoms with Gasteiger partial charge in [-0.3, -0.25) is 9.97 Å². The summed E-state index contributed by atoms with van der Waals surface area (Å²) >= 11 is 0. The second-order valence-electron chi connectivity index (χ2n) is 4.22. The van der Waals surface area contributed by atoms with Crippen LogP contribution < -0.4 is 5.73 Å². The molecule has 0 atom stereocenters. The van der Waals surface area contributed by atoms with Gasteiger partial charge in [-0.05, 0) is 6.07 Å². The van der Waals surface area contributed by atoms with Gasteiger partial charge in [-0.25, -0.2) is 4.98 Å². The number of aromatic amines is 1. The van der Waals surface area contributed by atoms with E-state index in [0.717, 1.165) is 32.7 Å². The number of nitrogens with zero attached hydrogens (tertiary/aromatic N) is 3. The Labute approximate surface area is 102 Å². The van der Waals surface area contributed by atoms with Gasteiger partial charge in [0.1, 0.15) is 5.65 Å². The van der Waals surface area contributed by atoms with Gasteiger partial charge in [0, 0.05) is 40.1 Å². The number of nitrogen functional groups attached to an aromatic ring is 1. The first-order chi connectivity index (χ1) is 8.84. The lowest BCUT2D eigenvalue weighted by Crippen LogP contribution is -1.90. The molecule has 4 aromatic rings. The fourth-order valence-electron chi connectivity index (χ4n) is 2.39. The average Bonchev–Trinajstić information content (AvgIpc) is 2.77. The molecule has 0 saturated heterocycles. The molecule has 0 bridgehead atoms. The molecular formula is C13H9N5. The Kier molecular flexibility index (Phi) is 1.64. The van der Waals surface area contributed by atoms with Crippen molar-refractivity contribution in [2.75, 3.05) is 5.73 Å². The molecule has 0 aromatic carbocycles. The highest BCUT2D eigenvalue weighted by molar-refractivity contribution is 6.21. The minimum Gasteiger partial charge on any atom is -0.397 e. The summed E-state index contributed by atoms with van der Waals surface area (Å²) in [6, 6.07) is 1.97. The largest absolute Gasteiger partial charge is 0.397 e. The summed E-state index contributed by atoms with van der Waals surface area (Å²) in [6.45, 7) is 0.